The molecule has 0 amide bonds. The third-order valence-corrected chi connectivity index (χ3v) is 3.58. The number of anilines is 1. The van der Waals surface area contributed by atoms with Crippen molar-refractivity contribution >= 4 is 23.1 Å². The third-order valence-electron chi connectivity index (χ3n) is 3.58. The van der Waals surface area contributed by atoms with Gasteiger partial charge in [0.15, 0.2) is 0 Å². The SMILES string of the molecule is CC(=Cc1ccccc1)c1nc2ccccn2c1NC(C)(C)C. The third kappa shape index (κ3) is 3.45. The Morgan fingerprint density at radius 1 is 1.04 bits per heavy atom. The first-order chi connectivity index (χ1) is 10.9. The fourth-order valence-corrected chi connectivity index (χ4v) is 2.61. The maximum atomic E-state index is 4.83. The van der Waals surface area contributed by atoms with Gasteiger partial charge in [0.1, 0.15) is 17.2 Å². The Balaban J connectivity index is 2.12. The molecule has 0 saturated carbocycles. The van der Waals surface area contributed by atoms with E-state index in [1.165, 1.54) is 5.56 Å². The zero-order valence-electron chi connectivity index (χ0n) is 14.2. The number of hydrogen-bond acceptors (Lipinski definition) is 2. The molecule has 0 aliphatic carbocycles. The molecule has 3 heteroatoms. The molecule has 0 aliphatic rings. The molecule has 1 N–H and O–H groups in total. The van der Waals surface area contributed by atoms with Crippen LogP contribution in [-0.4, -0.2) is 14.9 Å². The van der Waals surface area contributed by atoms with Gasteiger partial charge in [0.05, 0.1) is 0 Å². The summed E-state index contributed by atoms with van der Waals surface area (Å²) in [6, 6.07) is 16.4. The lowest BCUT2D eigenvalue weighted by Crippen LogP contribution is -2.27. The van der Waals surface area contributed by atoms with Crippen molar-refractivity contribution in [1.29, 1.82) is 0 Å². The highest BCUT2D eigenvalue weighted by atomic mass is 15.2. The van der Waals surface area contributed by atoms with E-state index in [4.69, 9.17) is 4.98 Å². The van der Waals surface area contributed by atoms with E-state index in [-0.39, 0.29) is 5.54 Å². The zero-order chi connectivity index (χ0) is 16.4. The molecular weight excluding hydrogens is 282 g/mol. The molecule has 2 heterocycles. The molecule has 0 saturated heterocycles. The van der Waals surface area contributed by atoms with Crippen LogP contribution in [0.15, 0.2) is 54.7 Å². The Labute approximate surface area is 137 Å². The summed E-state index contributed by atoms with van der Waals surface area (Å²) in [6.07, 6.45) is 4.23. The minimum absolute atomic E-state index is 0.0341. The van der Waals surface area contributed by atoms with E-state index >= 15 is 0 Å². The summed E-state index contributed by atoms with van der Waals surface area (Å²) in [5.74, 6) is 1.04. The van der Waals surface area contributed by atoms with E-state index in [2.05, 4.69) is 74.0 Å². The maximum absolute atomic E-state index is 4.83. The van der Waals surface area contributed by atoms with Crippen molar-refractivity contribution < 1.29 is 0 Å². The summed E-state index contributed by atoms with van der Waals surface area (Å²) < 4.78 is 2.11. The van der Waals surface area contributed by atoms with Crippen LogP contribution in [0.5, 0.6) is 0 Å². The largest absolute Gasteiger partial charge is 0.365 e. The summed E-state index contributed by atoms with van der Waals surface area (Å²) in [5.41, 5.74) is 4.24. The normalized spacial score (nSPS) is 12.6. The van der Waals surface area contributed by atoms with E-state index in [1.807, 2.05) is 24.3 Å². The van der Waals surface area contributed by atoms with Crippen LogP contribution >= 0.6 is 0 Å². The Bertz CT molecular complexity index is 836. The smallest absolute Gasteiger partial charge is 0.139 e. The second-order valence-corrected chi connectivity index (χ2v) is 6.85. The van der Waals surface area contributed by atoms with E-state index in [9.17, 15) is 0 Å². The quantitative estimate of drug-likeness (QED) is 0.729. The number of allylic oxidation sites excluding steroid dienone is 1. The van der Waals surface area contributed by atoms with Crippen molar-refractivity contribution in [3.05, 3.63) is 66.0 Å². The number of nitrogens with one attached hydrogen (secondary N) is 1. The van der Waals surface area contributed by atoms with Crippen LogP contribution in [0, 0.1) is 0 Å². The molecule has 3 nitrogen and oxygen atoms in total. The molecule has 0 bridgehead atoms. The first-order valence-electron chi connectivity index (χ1n) is 7.93. The maximum Gasteiger partial charge on any atom is 0.139 e. The second-order valence-electron chi connectivity index (χ2n) is 6.85. The highest BCUT2D eigenvalue weighted by molar-refractivity contribution is 5.84. The van der Waals surface area contributed by atoms with Gasteiger partial charge in [-0.15, -0.1) is 0 Å². The number of benzene rings is 1. The average molecular weight is 305 g/mol. The van der Waals surface area contributed by atoms with Crippen LogP contribution in [0.1, 0.15) is 39.0 Å². The average Bonchev–Trinajstić information content (AvgIpc) is 2.85. The lowest BCUT2D eigenvalue weighted by Gasteiger charge is -2.22. The Kier molecular flexibility index (Phi) is 3.95. The van der Waals surface area contributed by atoms with Crippen molar-refractivity contribution in [2.24, 2.45) is 0 Å². The lowest BCUT2D eigenvalue weighted by atomic mass is 10.1. The number of rotatable bonds is 3. The lowest BCUT2D eigenvalue weighted by molar-refractivity contribution is 0.629. The van der Waals surface area contributed by atoms with Gasteiger partial charge >= 0.3 is 0 Å². The number of aromatic nitrogens is 2. The number of nitrogens with zero attached hydrogens (tertiary/aromatic N) is 2. The molecule has 3 rings (SSSR count). The molecule has 3 aromatic rings. The predicted octanol–water partition coefficient (Wildman–Crippen LogP) is 5.11. The molecule has 23 heavy (non-hydrogen) atoms. The van der Waals surface area contributed by atoms with Crippen LogP contribution in [0.3, 0.4) is 0 Å². The minimum Gasteiger partial charge on any atom is -0.365 e. The van der Waals surface area contributed by atoms with Crippen molar-refractivity contribution in [2.75, 3.05) is 5.32 Å². The minimum atomic E-state index is -0.0341. The van der Waals surface area contributed by atoms with Gasteiger partial charge in [-0.05, 0) is 57.0 Å². The molecule has 2 aromatic heterocycles. The number of imidazole rings is 1. The van der Waals surface area contributed by atoms with Gasteiger partial charge in [-0.1, -0.05) is 36.4 Å². The molecule has 0 aliphatic heterocycles. The van der Waals surface area contributed by atoms with Gasteiger partial charge in [-0.25, -0.2) is 4.98 Å². The fraction of sp³-hybridized carbons (Fsp3) is 0.250. The van der Waals surface area contributed by atoms with Crippen molar-refractivity contribution in [1.82, 2.24) is 9.38 Å². The van der Waals surface area contributed by atoms with Gasteiger partial charge in [0, 0.05) is 11.7 Å². The van der Waals surface area contributed by atoms with Crippen LogP contribution in [-0.2, 0) is 0 Å². The van der Waals surface area contributed by atoms with Crippen LogP contribution in [0.4, 0.5) is 5.82 Å². The standard InChI is InChI=1S/C20H23N3/c1-15(14-16-10-6-5-7-11-16)18-19(22-20(2,3)4)23-13-9-8-12-17(23)21-18/h5-14,22H,1-4H3. The zero-order valence-corrected chi connectivity index (χ0v) is 14.2. The van der Waals surface area contributed by atoms with Crippen molar-refractivity contribution in [2.45, 2.75) is 33.2 Å². The molecule has 118 valence electrons. The van der Waals surface area contributed by atoms with Crippen molar-refractivity contribution in [3.8, 4) is 0 Å². The summed E-state index contributed by atoms with van der Waals surface area (Å²) in [7, 11) is 0. The topological polar surface area (TPSA) is 29.3 Å². The van der Waals surface area contributed by atoms with Crippen LogP contribution < -0.4 is 5.32 Å². The molecule has 0 spiro atoms. The number of hydrogen-bond donors (Lipinski definition) is 1. The van der Waals surface area contributed by atoms with E-state index in [0.29, 0.717) is 0 Å². The Morgan fingerprint density at radius 3 is 2.43 bits per heavy atom. The molecule has 0 fully saturated rings. The van der Waals surface area contributed by atoms with Crippen LogP contribution in [0.25, 0.3) is 17.3 Å². The van der Waals surface area contributed by atoms with Crippen LogP contribution in [0.2, 0.25) is 0 Å². The number of fused-ring (bicyclic) bond motifs is 1. The van der Waals surface area contributed by atoms with E-state index in [1.54, 1.807) is 0 Å². The molecular formula is C20H23N3. The molecule has 0 atom stereocenters. The van der Waals surface area contributed by atoms with Crippen molar-refractivity contribution in [3.63, 3.8) is 0 Å². The molecule has 1 aromatic carbocycles. The molecule has 0 unspecified atom stereocenters. The second kappa shape index (κ2) is 5.92. The van der Waals surface area contributed by atoms with E-state index < -0.39 is 0 Å². The first kappa shape index (κ1) is 15.3. The Hall–Kier alpha value is -2.55. The predicted molar refractivity (Wildman–Crippen MR) is 98.6 cm³/mol. The van der Waals surface area contributed by atoms with Gasteiger partial charge in [-0.3, -0.25) is 4.40 Å². The fourth-order valence-electron chi connectivity index (χ4n) is 2.61. The number of pyridine rings is 1. The highest BCUT2D eigenvalue weighted by Crippen LogP contribution is 2.28. The van der Waals surface area contributed by atoms with Gasteiger partial charge in [0.2, 0.25) is 0 Å². The summed E-state index contributed by atoms with van der Waals surface area (Å²) in [5, 5.41) is 3.60. The van der Waals surface area contributed by atoms with Gasteiger partial charge in [-0.2, -0.15) is 0 Å². The van der Waals surface area contributed by atoms with Gasteiger partial charge in [0.25, 0.3) is 0 Å². The highest BCUT2D eigenvalue weighted by Gasteiger charge is 2.18. The summed E-state index contributed by atoms with van der Waals surface area (Å²) in [6.45, 7) is 8.60. The van der Waals surface area contributed by atoms with Gasteiger partial charge < -0.3 is 5.32 Å². The Morgan fingerprint density at radius 2 is 1.74 bits per heavy atom. The summed E-state index contributed by atoms with van der Waals surface area (Å²) in [4.78, 5) is 4.83. The molecule has 0 radical (unpaired) electrons. The van der Waals surface area contributed by atoms with E-state index in [0.717, 1.165) is 22.7 Å². The summed E-state index contributed by atoms with van der Waals surface area (Å²) >= 11 is 0. The monoisotopic (exact) mass is 305 g/mol. The first-order valence-corrected chi connectivity index (χ1v) is 7.93.